The molecule has 0 atom stereocenters. The lowest BCUT2D eigenvalue weighted by molar-refractivity contribution is -0.147. The molecule has 3 rings (SSSR count). The van der Waals surface area contributed by atoms with Crippen molar-refractivity contribution in [2.45, 2.75) is 39.5 Å². The third-order valence-electron chi connectivity index (χ3n) is 3.85. The quantitative estimate of drug-likeness (QED) is 0.830. The normalized spacial score (nSPS) is 14.6. The van der Waals surface area contributed by atoms with Crippen LogP contribution in [0.3, 0.4) is 0 Å². The average molecular weight is 340 g/mol. The van der Waals surface area contributed by atoms with E-state index in [4.69, 9.17) is 0 Å². The predicted molar refractivity (Wildman–Crippen MR) is 75.9 cm³/mol. The Labute approximate surface area is 135 Å². The molecule has 0 spiro atoms. The summed E-state index contributed by atoms with van der Waals surface area (Å²) in [5, 5.41) is 6.78. The van der Waals surface area contributed by atoms with Crippen molar-refractivity contribution in [3.63, 3.8) is 0 Å². The van der Waals surface area contributed by atoms with Crippen LogP contribution in [0.15, 0.2) is 6.20 Å². The van der Waals surface area contributed by atoms with Crippen molar-refractivity contribution in [3.05, 3.63) is 34.9 Å². The second kappa shape index (κ2) is 5.84. The Bertz CT molecular complexity index is 785. The van der Waals surface area contributed by atoms with E-state index in [1.165, 1.54) is 11.1 Å². The van der Waals surface area contributed by atoms with Gasteiger partial charge in [-0.1, -0.05) is 6.92 Å². The summed E-state index contributed by atoms with van der Waals surface area (Å²) in [4.78, 5) is 22.4. The second-order valence-electron chi connectivity index (χ2n) is 5.45. The Morgan fingerprint density at radius 2 is 2.04 bits per heavy atom. The molecule has 1 aliphatic heterocycles. The van der Waals surface area contributed by atoms with E-state index in [1.54, 1.807) is 6.92 Å². The number of aromatic nitrogens is 5. The maximum atomic E-state index is 12.8. The highest BCUT2D eigenvalue weighted by Gasteiger charge is 2.40. The van der Waals surface area contributed by atoms with E-state index in [9.17, 15) is 18.0 Å². The summed E-state index contributed by atoms with van der Waals surface area (Å²) in [5.41, 5.74) is 0.989. The molecule has 0 aromatic carbocycles. The van der Waals surface area contributed by atoms with Gasteiger partial charge in [0.2, 0.25) is 5.82 Å². The molecule has 0 saturated carbocycles. The molecule has 0 saturated heterocycles. The topological polar surface area (TPSA) is 76.8 Å². The number of carbonyl (C=O) groups is 1. The van der Waals surface area contributed by atoms with Crippen molar-refractivity contribution in [2.24, 2.45) is 0 Å². The smallest absolute Gasteiger partial charge is 0.329 e. The number of carbonyl (C=O) groups excluding carboxylic acids is 1. The van der Waals surface area contributed by atoms with Gasteiger partial charge in [0, 0.05) is 19.3 Å². The highest BCUT2D eigenvalue weighted by atomic mass is 19.4. The summed E-state index contributed by atoms with van der Waals surface area (Å²) in [5.74, 6) is -0.656. The fourth-order valence-corrected chi connectivity index (χ4v) is 2.68. The van der Waals surface area contributed by atoms with Gasteiger partial charge in [-0.25, -0.2) is 9.97 Å². The van der Waals surface area contributed by atoms with E-state index in [1.807, 2.05) is 6.92 Å². The van der Waals surface area contributed by atoms with Crippen LogP contribution in [0.2, 0.25) is 0 Å². The van der Waals surface area contributed by atoms with Crippen LogP contribution in [0.4, 0.5) is 13.2 Å². The largest absolute Gasteiger partial charge is 0.451 e. The minimum atomic E-state index is -4.56. The summed E-state index contributed by atoms with van der Waals surface area (Å²) in [7, 11) is 0. The molecule has 128 valence electrons. The molecular weight excluding hydrogens is 325 g/mol. The molecule has 0 N–H and O–H groups in total. The third kappa shape index (κ3) is 2.83. The molecule has 1 amide bonds. The van der Waals surface area contributed by atoms with Crippen molar-refractivity contribution < 1.29 is 18.0 Å². The second-order valence-corrected chi connectivity index (χ2v) is 5.45. The number of hydrogen-bond donors (Lipinski definition) is 0. The lowest BCUT2D eigenvalue weighted by atomic mass is 10.1. The maximum Gasteiger partial charge on any atom is 0.451 e. The van der Waals surface area contributed by atoms with Crippen molar-refractivity contribution in [3.8, 4) is 0 Å². The van der Waals surface area contributed by atoms with Crippen molar-refractivity contribution >= 4 is 5.91 Å². The maximum absolute atomic E-state index is 12.8. The number of hydrogen-bond acceptors (Lipinski definition) is 5. The van der Waals surface area contributed by atoms with Gasteiger partial charge < -0.3 is 9.47 Å². The van der Waals surface area contributed by atoms with E-state index in [-0.39, 0.29) is 31.4 Å². The Hall–Kier alpha value is -2.52. The average Bonchev–Trinajstić information content (AvgIpc) is 2.97. The first-order valence-corrected chi connectivity index (χ1v) is 7.42. The highest BCUT2D eigenvalue weighted by Crippen LogP contribution is 2.29. The zero-order chi connectivity index (χ0) is 17.5. The summed E-state index contributed by atoms with van der Waals surface area (Å²) in [6.45, 7) is 3.72. The minimum absolute atomic E-state index is 0.00288. The molecular formula is C14H15F3N6O. The van der Waals surface area contributed by atoms with Gasteiger partial charge in [-0.05, 0) is 13.3 Å². The SMILES string of the molecule is CCc1nc(C)ncc1C(=O)N1CCn2c(nnc2C(F)(F)F)C1. The number of alkyl halides is 3. The standard InChI is InChI=1S/C14H15F3N6O/c1-3-10-9(6-18-8(2)19-10)12(24)22-4-5-23-11(7-22)20-21-13(23)14(15,16)17/h6H,3-5,7H2,1-2H3. The molecule has 0 bridgehead atoms. The zero-order valence-electron chi connectivity index (χ0n) is 13.1. The first-order valence-electron chi connectivity index (χ1n) is 7.42. The molecule has 10 heteroatoms. The van der Waals surface area contributed by atoms with E-state index in [2.05, 4.69) is 20.2 Å². The molecule has 0 fully saturated rings. The third-order valence-corrected chi connectivity index (χ3v) is 3.85. The molecule has 2 aromatic rings. The van der Waals surface area contributed by atoms with Crippen LogP contribution >= 0.6 is 0 Å². The van der Waals surface area contributed by atoms with Gasteiger partial charge in [-0.3, -0.25) is 4.79 Å². The van der Waals surface area contributed by atoms with Gasteiger partial charge in [0.05, 0.1) is 17.8 Å². The van der Waals surface area contributed by atoms with Crippen LogP contribution in [0.5, 0.6) is 0 Å². The number of fused-ring (bicyclic) bond motifs is 1. The summed E-state index contributed by atoms with van der Waals surface area (Å²) in [6, 6.07) is 0. The van der Waals surface area contributed by atoms with E-state index < -0.39 is 12.0 Å². The molecule has 1 aliphatic rings. The Morgan fingerprint density at radius 3 is 2.71 bits per heavy atom. The fourth-order valence-electron chi connectivity index (χ4n) is 2.68. The van der Waals surface area contributed by atoms with Crippen LogP contribution in [-0.2, 0) is 25.7 Å². The number of halogens is 3. The van der Waals surface area contributed by atoms with Crippen molar-refractivity contribution in [2.75, 3.05) is 6.54 Å². The van der Waals surface area contributed by atoms with Crippen LogP contribution in [0.1, 0.15) is 40.4 Å². The minimum Gasteiger partial charge on any atom is -0.329 e. The van der Waals surface area contributed by atoms with Gasteiger partial charge in [0.15, 0.2) is 5.82 Å². The van der Waals surface area contributed by atoms with Gasteiger partial charge in [-0.2, -0.15) is 13.2 Å². The Morgan fingerprint density at radius 1 is 1.29 bits per heavy atom. The van der Waals surface area contributed by atoms with Crippen LogP contribution in [0, 0.1) is 6.92 Å². The number of nitrogens with zero attached hydrogens (tertiary/aromatic N) is 6. The highest BCUT2D eigenvalue weighted by molar-refractivity contribution is 5.95. The van der Waals surface area contributed by atoms with Gasteiger partial charge in [0.25, 0.3) is 5.91 Å². The molecule has 2 aromatic heterocycles. The molecule has 0 radical (unpaired) electrons. The lowest BCUT2D eigenvalue weighted by Gasteiger charge is -2.28. The molecule has 0 aliphatic carbocycles. The van der Waals surface area contributed by atoms with Gasteiger partial charge in [-0.15, -0.1) is 10.2 Å². The molecule has 24 heavy (non-hydrogen) atoms. The van der Waals surface area contributed by atoms with Crippen LogP contribution in [0.25, 0.3) is 0 Å². The predicted octanol–water partition coefficient (Wildman–Crippen LogP) is 1.61. The van der Waals surface area contributed by atoms with Gasteiger partial charge in [0.1, 0.15) is 5.82 Å². The summed E-state index contributed by atoms with van der Waals surface area (Å²) < 4.78 is 39.5. The fraction of sp³-hybridized carbons (Fsp3) is 0.500. The Balaban J connectivity index is 1.86. The first kappa shape index (κ1) is 16.3. The van der Waals surface area contributed by atoms with Crippen LogP contribution in [-0.4, -0.2) is 42.1 Å². The van der Waals surface area contributed by atoms with Crippen molar-refractivity contribution in [1.82, 2.24) is 29.6 Å². The molecule has 3 heterocycles. The molecule has 7 nitrogen and oxygen atoms in total. The van der Waals surface area contributed by atoms with E-state index in [0.717, 1.165) is 4.57 Å². The number of amides is 1. The van der Waals surface area contributed by atoms with Crippen molar-refractivity contribution in [1.29, 1.82) is 0 Å². The zero-order valence-corrected chi connectivity index (χ0v) is 13.1. The summed E-state index contributed by atoms with van der Waals surface area (Å²) >= 11 is 0. The van der Waals surface area contributed by atoms with E-state index >= 15 is 0 Å². The molecule has 0 unspecified atom stereocenters. The summed E-state index contributed by atoms with van der Waals surface area (Å²) in [6.07, 6.45) is -2.53. The van der Waals surface area contributed by atoms with E-state index in [0.29, 0.717) is 23.5 Å². The van der Waals surface area contributed by atoms with Crippen LogP contribution < -0.4 is 0 Å². The van der Waals surface area contributed by atoms with Gasteiger partial charge >= 0.3 is 6.18 Å². The Kier molecular flexibility index (Phi) is 3.98. The first-order chi connectivity index (χ1) is 11.3. The monoisotopic (exact) mass is 340 g/mol. The number of aryl methyl sites for hydroxylation is 2. The number of rotatable bonds is 2. The lowest BCUT2D eigenvalue weighted by Crippen LogP contribution is -2.39.